The van der Waals surface area contributed by atoms with E-state index < -0.39 is 0 Å². The second-order valence-electron chi connectivity index (χ2n) is 6.18. The van der Waals surface area contributed by atoms with E-state index in [1.165, 1.54) is 18.9 Å². The Bertz CT molecular complexity index is 427. The van der Waals surface area contributed by atoms with Crippen LogP contribution in [0.4, 0.5) is 10.1 Å². The lowest BCUT2D eigenvalue weighted by Crippen LogP contribution is -2.40. The van der Waals surface area contributed by atoms with Crippen LogP contribution in [0.3, 0.4) is 0 Å². The fourth-order valence-corrected chi connectivity index (χ4v) is 2.81. The van der Waals surface area contributed by atoms with Crippen molar-refractivity contribution in [2.45, 2.75) is 39.7 Å². The third kappa shape index (κ3) is 2.83. The predicted octanol–water partition coefficient (Wildman–Crippen LogP) is 3.47. The third-order valence-electron chi connectivity index (χ3n) is 3.72. The molecule has 1 atom stereocenters. The number of benzene rings is 1. The van der Waals surface area contributed by atoms with Gasteiger partial charge in [0.1, 0.15) is 5.82 Å². The van der Waals surface area contributed by atoms with Crippen molar-refractivity contribution in [2.75, 3.05) is 18.0 Å². The molecule has 100 valence electrons. The Labute approximate surface area is 109 Å². The van der Waals surface area contributed by atoms with Gasteiger partial charge in [-0.2, -0.15) is 0 Å². The maximum atomic E-state index is 13.4. The van der Waals surface area contributed by atoms with E-state index in [1.807, 2.05) is 13.0 Å². The van der Waals surface area contributed by atoms with Crippen LogP contribution >= 0.6 is 0 Å². The number of nitrogens with zero attached hydrogens (tertiary/aromatic N) is 1. The molecule has 1 aromatic rings. The number of halogens is 1. The van der Waals surface area contributed by atoms with Crippen molar-refractivity contribution in [3.05, 3.63) is 29.6 Å². The van der Waals surface area contributed by atoms with Crippen LogP contribution < -0.4 is 10.6 Å². The van der Waals surface area contributed by atoms with Crippen molar-refractivity contribution in [1.29, 1.82) is 0 Å². The summed E-state index contributed by atoms with van der Waals surface area (Å²) >= 11 is 0. The Morgan fingerprint density at radius 3 is 2.72 bits per heavy atom. The third-order valence-corrected chi connectivity index (χ3v) is 3.72. The monoisotopic (exact) mass is 250 g/mol. The van der Waals surface area contributed by atoms with Crippen molar-refractivity contribution in [2.24, 2.45) is 11.1 Å². The quantitative estimate of drug-likeness (QED) is 0.870. The fourth-order valence-electron chi connectivity index (χ4n) is 2.81. The van der Waals surface area contributed by atoms with E-state index in [4.69, 9.17) is 5.73 Å². The lowest BCUT2D eigenvalue weighted by Gasteiger charge is -2.40. The van der Waals surface area contributed by atoms with E-state index in [2.05, 4.69) is 18.7 Å². The summed E-state index contributed by atoms with van der Waals surface area (Å²) in [5.41, 5.74) is 8.29. The van der Waals surface area contributed by atoms with E-state index in [-0.39, 0.29) is 11.9 Å². The molecule has 0 aliphatic carbocycles. The molecule has 0 aromatic heterocycles. The van der Waals surface area contributed by atoms with Gasteiger partial charge in [0.25, 0.3) is 0 Å². The van der Waals surface area contributed by atoms with Gasteiger partial charge in [-0.3, -0.25) is 0 Å². The van der Waals surface area contributed by atoms with Gasteiger partial charge in [0.2, 0.25) is 0 Å². The average Bonchev–Trinajstić information content (AvgIpc) is 2.27. The Balaban J connectivity index is 2.32. The van der Waals surface area contributed by atoms with Gasteiger partial charge in [-0.1, -0.05) is 13.8 Å². The zero-order chi connectivity index (χ0) is 13.3. The van der Waals surface area contributed by atoms with Crippen LogP contribution in [-0.4, -0.2) is 13.1 Å². The molecule has 0 bridgehead atoms. The highest BCUT2D eigenvalue weighted by Gasteiger charge is 2.27. The minimum absolute atomic E-state index is 0.138. The van der Waals surface area contributed by atoms with Gasteiger partial charge in [-0.25, -0.2) is 4.39 Å². The van der Waals surface area contributed by atoms with Crippen LogP contribution in [0.5, 0.6) is 0 Å². The number of rotatable bonds is 2. The molecular weight excluding hydrogens is 227 g/mol. The molecule has 1 fully saturated rings. The highest BCUT2D eigenvalue weighted by molar-refractivity contribution is 5.55. The first-order valence-electron chi connectivity index (χ1n) is 6.69. The predicted molar refractivity (Wildman–Crippen MR) is 74.2 cm³/mol. The van der Waals surface area contributed by atoms with E-state index >= 15 is 0 Å². The van der Waals surface area contributed by atoms with E-state index in [0.717, 1.165) is 24.3 Å². The summed E-state index contributed by atoms with van der Waals surface area (Å²) in [6.45, 7) is 8.53. The molecule has 0 saturated carbocycles. The number of piperidine rings is 1. The number of hydrogen-bond donors (Lipinski definition) is 1. The summed E-state index contributed by atoms with van der Waals surface area (Å²) < 4.78 is 13.4. The lowest BCUT2D eigenvalue weighted by atomic mass is 9.83. The topological polar surface area (TPSA) is 29.3 Å². The maximum absolute atomic E-state index is 13.4. The Hall–Kier alpha value is -1.09. The van der Waals surface area contributed by atoms with Crippen LogP contribution in [0.1, 0.15) is 45.2 Å². The summed E-state index contributed by atoms with van der Waals surface area (Å²) in [6, 6.07) is 4.83. The summed E-state index contributed by atoms with van der Waals surface area (Å²) in [4.78, 5) is 2.35. The SMILES string of the molecule is C[C@H](N)c1cc(F)ccc1N1CCCC(C)(C)C1. The van der Waals surface area contributed by atoms with Gasteiger partial charge in [-0.05, 0) is 48.9 Å². The van der Waals surface area contributed by atoms with E-state index in [1.54, 1.807) is 6.07 Å². The molecule has 3 heteroatoms. The average molecular weight is 250 g/mol. The van der Waals surface area contributed by atoms with Gasteiger partial charge >= 0.3 is 0 Å². The fraction of sp³-hybridized carbons (Fsp3) is 0.600. The number of nitrogens with two attached hydrogens (primary N) is 1. The Kier molecular flexibility index (Phi) is 3.62. The van der Waals surface area contributed by atoms with E-state index in [9.17, 15) is 4.39 Å². The second-order valence-corrected chi connectivity index (χ2v) is 6.18. The standard InChI is InChI=1S/C15H23FN2/c1-11(17)13-9-12(16)5-6-14(13)18-8-4-7-15(2,3)10-18/h5-6,9,11H,4,7-8,10,17H2,1-3H3/t11-/m0/s1. The number of anilines is 1. The molecule has 2 rings (SSSR count). The van der Waals surface area contributed by atoms with Crippen LogP contribution in [0, 0.1) is 11.2 Å². The van der Waals surface area contributed by atoms with Crippen molar-refractivity contribution >= 4 is 5.69 Å². The minimum atomic E-state index is -0.206. The molecule has 0 radical (unpaired) electrons. The Morgan fingerprint density at radius 1 is 1.39 bits per heavy atom. The largest absolute Gasteiger partial charge is 0.371 e. The second kappa shape index (κ2) is 4.88. The van der Waals surface area contributed by atoms with Crippen LogP contribution in [-0.2, 0) is 0 Å². The maximum Gasteiger partial charge on any atom is 0.123 e. The molecule has 0 spiro atoms. The lowest BCUT2D eigenvalue weighted by molar-refractivity contribution is 0.292. The molecule has 18 heavy (non-hydrogen) atoms. The molecule has 1 aromatic carbocycles. The first-order chi connectivity index (χ1) is 8.39. The highest BCUT2D eigenvalue weighted by Crippen LogP contribution is 2.34. The van der Waals surface area contributed by atoms with Crippen LogP contribution in [0.2, 0.25) is 0 Å². The molecule has 2 N–H and O–H groups in total. The zero-order valence-corrected chi connectivity index (χ0v) is 11.5. The summed E-state index contributed by atoms with van der Waals surface area (Å²) in [5.74, 6) is -0.206. The minimum Gasteiger partial charge on any atom is -0.371 e. The number of hydrogen-bond acceptors (Lipinski definition) is 2. The summed E-state index contributed by atoms with van der Waals surface area (Å²) in [5, 5.41) is 0. The molecule has 1 heterocycles. The molecule has 1 aliphatic rings. The summed E-state index contributed by atoms with van der Waals surface area (Å²) in [6.07, 6.45) is 2.43. The van der Waals surface area contributed by atoms with Crippen molar-refractivity contribution in [3.8, 4) is 0 Å². The van der Waals surface area contributed by atoms with Crippen molar-refractivity contribution < 1.29 is 4.39 Å². The van der Waals surface area contributed by atoms with Crippen molar-refractivity contribution in [3.63, 3.8) is 0 Å². The van der Waals surface area contributed by atoms with Crippen LogP contribution in [0.15, 0.2) is 18.2 Å². The molecule has 0 amide bonds. The van der Waals surface area contributed by atoms with Gasteiger partial charge < -0.3 is 10.6 Å². The molecule has 1 saturated heterocycles. The smallest absolute Gasteiger partial charge is 0.123 e. The Morgan fingerprint density at radius 2 is 2.11 bits per heavy atom. The first-order valence-corrected chi connectivity index (χ1v) is 6.69. The van der Waals surface area contributed by atoms with Gasteiger partial charge in [0.15, 0.2) is 0 Å². The highest BCUT2D eigenvalue weighted by atomic mass is 19.1. The van der Waals surface area contributed by atoms with E-state index in [0.29, 0.717) is 5.41 Å². The first kappa shape index (κ1) is 13.3. The normalized spacial score (nSPS) is 20.8. The van der Waals surface area contributed by atoms with Crippen LogP contribution in [0.25, 0.3) is 0 Å². The zero-order valence-electron chi connectivity index (χ0n) is 11.5. The van der Waals surface area contributed by atoms with Crippen molar-refractivity contribution in [1.82, 2.24) is 0 Å². The van der Waals surface area contributed by atoms with Gasteiger partial charge in [-0.15, -0.1) is 0 Å². The molecule has 2 nitrogen and oxygen atoms in total. The molecule has 0 unspecified atom stereocenters. The van der Waals surface area contributed by atoms with Gasteiger partial charge in [0, 0.05) is 24.8 Å². The molecule has 1 aliphatic heterocycles. The summed E-state index contributed by atoms with van der Waals surface area (Å²) in [7, 11) is 0. The molecular formula is C15H23FN2. The van der Waals surface area contributed by atoms with Gasteiger partial charge in [0.05, 0.1) is 0 Å².